The second-order valence-electron chi connectivity index (χ2n) is 3.40. The SMILES string of the molecule is CCCCNS(=O)(=O)c1cccc(F)c1N. The molecule has 1 aromatic carbocycles. The number of sulfonamides is 1. The third kappa shape index (κ3) is 2.93. The largest absolute Gasteiger partial charge is 0.395 e. The molecule has 0 bridgehead atoms. The summed E-state index contributed by atoms with van der Waals surface area (Å²) in [5.74, 6) is -0.724. The van der Waals surface area contributed by atoms with Crippen LogP contribution in [0.5, 0.6) is 0 Å². The summed E-state index contributed by atoms with van der Waals surface area (Å²) in [6.45, 7) is 2.28. The van der Waals surface area contributed by atoms with Crippen LogP contribution >= 0.6 is 0 Å². The van der Waals surface area contributed by atoms with Crippen molar-refractivity contribution < 1.29 is 12.8 Å². The molecule has 3 N–H and O–H groups in total. The Kier molecular flexibility index (Phi) is 4.26. The van der Waals surface area contributed by atoms with Crippen molar-refractivity contribution in [3.05, 3.63) is 24.0 Å². The minimum atomic E-state index is -3.70. The molecule has 0 aliphatic heterocycles. The molecule has 0 atom stereocenters. The van der Waals surface area contributed by atoms with Crippen molar-refractivity contribution in [2.24, 2.45) is 0 Å². The van der Waals surface area contributed by atoms with Crippen LogP contribution in [0.4, 0.5) is 10.1 Å². The van der Waals surface area contributed by atoms with Gasteiger partial charge in [0.05, 0.1) is 5.69 Å². The molecule has 1 rings (SSSR count). The Labute approximate surface area is 94.7 Å². The molecule has 1 aromatic rings. The zero-order valence-corrected chi connectivity index (χ0v) is 9.85. The number of rotatable bonds is 5. The van der Waals surface area contributed by atoms with E-state index < -0.39 is 15.8 Å². The maximum absolute atomic E-state index is 13.1. The predicted octanol–water partition coefficient (Wildman–Crippen LogP) is 1.49. The highest BCUT2D eigenvalue weighted by atomic mass is 32.2. The average molecular weight is 246 g/mol. The van der Waals surface area contributed by atoms with E-state index in [0.29, 0.717) is 6.54 Å². The molecule has 90 valence electrons. The number of nitrogen functional groups attached to an aromatic ring is 1. The first-order valence-corrected chi connectivity index (χ1v) is 6.51. The molecule has 0 aliphatic carbocycles. The fraction of sp³-hybridized carbons (Fsp3) is 0.400. The number of unbranched alkanes of at least 4 members (excludes halogenated alkanes) is 1. The number of nitrogens with one attached hydrogen (secondary N) is 1. The van der Waals surface area contributed by atoms with Crippen LogP contribution < -0.4 is 10.5 Å². The number of anilines is 1. The van der Waals surface area contributed by atoms with Crippen molar-refractivity contribution in [1.82, 2.24) is 4.72 Å². The maximum Gasteiger partial charge on any atom is 0.242 e. The quantitative estimate of drug-likeness (QED) is 0.610. The Morgan fingerprint density at radius 2 is 2.12 bits per heavy atom. The van der Waals surface area contributed by atoms with Gasteiger partial charge in [0.25, 0.3) is 0 Å². The molecule has 0 radical (unpaired) electrons. The van der Waals surface area contributed by atoms with Crippen LogP contribution in [0.3, 0.4) is 0 Å². The maximum atomic E-state index is 13.1. The first kappa shape index (κ1) is 12.9. The molecule has 0 fully saturated rings. The smallest absolute Gasteiger partial charge is 0.242 e. The minimum Gasteiger partial charge on any atom is -0.395 e. The molecule has 0 unspecified atom stereocenters. The van der Waals surface area contributed by atoms with Crippen LogP contribution in [0.1, 0.15) is 19.8 Å². The van der Waals surface area contributed by atoms with Crippen molar-refractivity contribution in [3.63, 3.8) is 0 Å². The molecule has 0 saturated carbocycles. The second kappa shape index (κ2) is 5.27. The lowest BCUT2D eigenvalue weighted by Gasteiger charge is -2.08. The molecule has 0 saturated heterocycles. The molecule has 4 nitrogen and oxygen atoms in total. The molecule has 16 heavy (non-hydrogen) atoms. The highest BCUT2D eigenvalue weighted by Crippen LogP contribution is 2.20. The van der Waals surface area contributed by atoms with Gasteiger partial charge < -0.3 is 5.73 Å². The van der Waals surface area contributed by atoms with Gasteiger partial charge in [0.15, 0.2) is 0 Å². The van der Waals surface area contributed by atoms with Crippen molar-refractivity contribution in [2.45, 2.75) is 24.7 Å². The molecule has 0 aliphatic rings. The van der Waals surface area contributed by atoms with Gasteiger partial charge in [-0.3, -0.25) is 0 Å². The van der Waals surface area contributed by atoms with Crippen LogP contribution in [-0.4, -0.2) is 15.0 Å². The third-order valence-electron chi connectivity index (χ3n) is 2.12. The fourth-order valence-corrected chi connectivity index (χ4v) is 2.43. The van der Waals surface area contributed by atoms with Gasteiger partial charge in [-0.15, -0.1) is 0 Å². The van der Waals surface area contributed by atoms with E-state index in [1.165, 1.54) is 12.1 Å². The van der Waals surface area contributed by atoms with Gasteiger partial charge in [0.1, 0.15) is 10.7 Å². The van der Waals surface area contributed by atoms with Crippen LogP contribution in [0.2, 0.25) is 0 Å². The van der Waals surface area contributed by atoms with E-state index in [1.54, 1.807) is 0 Å². The molecule has 0 heterocycles. The van der Waals surface area contributed by atoms with Crippen molar-refractivity contribution in [3.8, 4) is 0 Å². The summed E-state index contributed by atoms with van der Waals surface area (Å²) in [5, 5.41) is 0. The van der Waals surface area contributed by atoms with Gasteiger partial charge in [0.2, 0.25) is 10.0 Å². The van der Waals surface area contributed by atoms with E-state index in [0.717, 1.165) is 18.9 Å². The van der Waals surface area contributed by atoms with Crippen molar-refractivity contribution >= 4 is 15.7 Å². The second-order valence-corrected chi connectivity index (χ2v) is 5.14. The summed E-state index contributed by atoms with van der Waals surface area (Å²) in [4.78, 5) is -0.205. The lowest BCUT2D eigenvalue weighted by molar-refractivity contribution is 0.576. The molecular weight excluding hydrogens is 231 g/mol. The number of halogens is 1. The summed E-state index contributed by atoms with van der Waals surface area (Å²) < 4.78 is 38.9. The first-order chi connectivity index (χ1) is 7.49. The van der Waals surface area contributed by atoms with Crippen LogP contribution in [0.25, 0.3) is 0 Å². The van der Waals surface area contributed by atoms with Gasteiger partial charge in [-0.1, -0.05) is 19.4 Å². The number of hydrogen-bond acceptors (Lipinski definition) is 3. The summed E-state index contributed by atoms with van der Waals surface area (Å²) >= 11 is 0. The summed E-state index contributed by atoms with van der Waals surface area (Å²) in [6.07, 6.45) is 1.61. The van der Waals surface area contributed by atoms with Crippen LogP contribution in [0.15, 0.2) is 23.1 Å². The van der Waals surface area contributed by atoms with Gasteiger partial charge >= 0.3 is 0 Å². The Hall–Kier alpha value is -1.14. The van der Waals surface area contributed by atoms with E-state index >= 15 is 0 Å². The zero-order chi connectivity index (χ0) is 12.2. The Bertz CT molecular complexity index is 460. The standard InChI is InChI=1S/C10H15FN2O2S/c1-2-3-7-13-16(14,15)9-6-4-5-8(11)10(9)12/h4-6,13H,2-3,7,12H2,1H3. The van der Waals surface area contributed by atoms with E-state index in [4.69, 9.17) is 5.73 Å². The van der Waals surface area contributed by atoms with Crippen molar-refractivity contribution in [2.75, 3.05) is 12.3 Å². The summed E-state index contributed by atoms with van der Waals surface area (Å²) in [6, 6.07) is 3.73. The van der Waals surface area contributed by atoms with E-state index in [1.807, 2.05) is 6.92 Å². The van der Waals surface area contributed by atoms with Crippen LogP contribution in [-0.2, 0) is 10.0 Å². The van der Waals surface area contributed by atoms with Gasteiger partial charge in [-0.2, -0.15) is 0 Å². The minimum absolute atomic E-state index is 0.205. The molecule has 6 heteroatoms. The van der Waals surface area contributed by atoms with Crippen LogP contribution in [0, 0.1) is 5.82 Å². The van der Waals surface area contributed by atoms with Crippen molar-refractivity contribution in [1.29, 1.82) is 0 Å². The molecule has 0 spiro atoms. The highest BCUT2D eigenvalue weighted by molar-refractivity contribution is 7.89. The van der Waals surface area contributed by atoms with E-state index in [-0.39, 0.29) is 10.6 Å². The van der Waals surface area contributed by atoms with Gasteiger partial charge in [0, 0.05) is 6.54 Å². The lowest BCUT2D eigenvalue weighted by Crippen LogP contribution is -2.25. The van der Waals surface area contributed by atoms with E-state index in [9.17, 15) is 12.8 Å². The Morgan fingerprint density at radius 3 is 2.75 bits per heavy atom. The number of hydrogen-bond donors (Lipinski definition) is 2. The Morgan fingerprint density at radius 1 is 1.44 bits per heavy atom. The summed E-state index contributed by atoms with van der Waals surface area (Å²) in [7, 11) is -3.70. The monoisotopic (exact) mass is 246 g/mol. The molecule has 0 aromatic heterocycles. The Balaban J connectivity index is 2.94. The topological polar surface area (TPSA) is 72.2 Å². The normalized spacial score (nSPS) is 11.6. The highest BCUT2D eigenvalue weighted by Gasteiger charge is 2.18. The van der Waals surface area contributed by atoms with Gasteiger partial charge in [-0.25, -0.2) is 17.5 Å². The number of nitrogens with two attached hydrogens (primary N) is 1. The molecular formula is C10H15FN2O2S. The first-order valence-electron chi connectivity index (χ1n) is 5.02. The molecule has 0 amide bonds. The van der Waals surface area contributed by atoms with Gasteiger partial charge in [-0.05, 0) is 18.6 Å². The average Bonchev–Trinajstić information content (AvgIpc) is 2.22. The third-order valence-corrected chi connectivity index (χ3v) is 3.64. The zero-order valence-electron chi connectivity index (χ0n) is 9.03. The summed E-state index contributed by atoms with van der Waals surface area (Å²) in [5.41, 5.74) is 5.04. The number of para-hydroxylation sites is 1. The lowest BCUT2D eigenvalue weighted by atomic mass is 10.3. The predicted molar refractivity (Wildman–Crippen MR) is 60.9 cm³/mol. The number of benzene rings is 1. The van der Waals surface area contributed by atoms with E-state index in [2.05, 4.69) is 4.72 Å². The fourth-order valence-electron chi connectivity index (χ4n) is 1.21.